The Labute approximate surface area is 304 Å². The van der Waals surface area contributed by atoms with Crippen molar-refractivity contribution >= 4 is 33.0 Å². The van der Waals surface area contributed by atoms with E-state index in [2.05, 4.69) is 107 Å². The topological polar surface area (TPSA) is 56.7 Å². The summed E-state index contributed by atoms with van der Waals surface area (Å²) < 4.78 is 8.85. The van der Waals surface area contributed by atoms with E-state index in [0.29, 0.717) is 5.92 Å². The molecule has 50 heavy (non-hydrogen) atoms. The number of fused-ring (bicyclic) bond motifs is 5. The molecule has 0 aliphatic carbocycles. The summed E-state index contributed by atoms with van der Waals surface area (Å²) in [6.07, 6.45) is 3.65. The third-order valence-corrected chi connectivity index (χ3v) is 8.63. The molecular weight excluding hydrogens is 793 g/mol. The number of furan rings is 1. The molecule has 245 valence electrons. The summed E-state index contributed by atoms with van der Waals surface area (Å²) in [5.41, 5.74) is 10.5. The Balaban J connectivity index is 0.000000255. The van der Waals surface area contributed by atoms with Gasteiger partial charge in [0.1, 0.15) is 16.9 Å². The van der Waals surface area contributed by atoms with Crippen LogP contribution in [0.3, 0.4) is 0 Å². The molecule has 0 saturated carbocycles. The van der Waals surface area contributed by atoms with Crippen LogP contribution in [0.25, 0.3) is 72.6 Å². The van der Waals surface area contributed by atoms with E-state index >= 15 is 0 Å². The van der Waals surface area contributed by atoms with Crippen LogP contribution < -0.4 is 0 Å². The van der Waals surface area contributed by atoms with Crippen LogP contribution in [0.15, 0.2) is 156 Å². The van der Waals surface area contributed by atoms with Crippen LogP contribution in [0.2, 0.25) is 0 Å². The predicted octanol–water partition coefficient (Wildman–Crippen LogP) is 11.1. The van der Waals surface area contributed by atoms with E-state index in [-0.39, 0.29) is 20.1 Å². The Morgan fingerprint density at radius 3 is 2.12 bits per heavy atom. The van der Waals surface area contributed by atoms with E-state index < -0.39 is 0 Å². The van der Waals surface area contributed by atoms with E-state index in [1.807, 2.05) is 79.0 Å². The largest absolute Gasteiger partial charge is 0.498 e. The molecule has 0 amide bonds. The molecule has 0 spiro atoms. The summed E-state index contributed by atoms with van der Waals surface area (Å²) in [6.45, 7) is 4.38. The number of nitrogens with zero attached hydrogens (tertiary/aromatic N) is 4. The fraction of sp³-hybridized carbons (Fsp3) is 0.0682. The normalized spacial score (nSPS) is 11.0. The maximum atomic E-state index is 6.64. The van der Waals surface area contributed by atoms with Crippen molar-refractivity contribution in [2.75, 3.05) is 0 Å². The molecule has 0 aliphatic heterocycles. The first-order valence-electron chi connectivity index (χ1n) is 16.4. The second-order valence-corrected chi connectivity index (χ2v) is 12.1. The van der Waals surface area contributed by atoms with E-state index in [4.69, 9.17) is 9.40 Å². The molecular formula is C44H32IrN4O-2. The molecule has 0 atom stereocenters. The van der Waals surface area contributed by atoms with Gasteiger partial charge in [-0.05, 0) is 53.7 Å². The van der Waals surface area contributed by atoms with Crippen molar-refractivity contribution in [3.63, 3.8) is 0 Å². The van der Waals surface area contributed by atoms with Crippen LogP contribution >= 0.6 is 0 Å². The molecule has 0 saturated heterocycles. The molecule has 0 aliphatic rings. The van der Waals surface area contributed by atoms with Gasteiger partial charge in [-0.1, -0.05) is 97.1 Å². The first kappa shape index (κ1) is 32.8. The van der Waals surface area contributed by atoms with Crippen LogP contribution in [0.1, 0.15) is 25.3 Å². The zero-order valence-electron chi connectivity index (χ0n) is 27.5. The number of aromatic nitrogens is 4. The summed E-state index contributed by atoms with van der Waals surface area (Å²) >= 11 is 0. The van der Waals surface area contributed by atoms with Gasteiger partial charge in [0.25, 0.3) is 0 Å². The second-order valence-electron chi connectivity index (χ2n) is 12.1. The Morgan fingerprint density at radius 1 is 0.640 bits per heavy atom. The number of para-hydroxylation sites is 1. The Morgan fingerprint density at radius 2 is 1.38 bits per heavy atom. The summed E-state index contributed by atoms with van der Waals surface area (Å²) in [5, 5.41) is 2.08. The Kier molecular flexibility index (Phi) is 9.48. The third kappa shape index (κ3) is 6.27. The van der Waals surface area contributed by atoms with Gasteiger partial charge >= 0.3 is 0 Å². The minimum atomic E-state index is 0. The molecule has 5 aromatic carbocycles. The van der Waals surface area contributed by atoms with E-state index in [1.54, 1.807) is 6.20 Å². The van der Waals surface area contributed by atoms with Crippen molar-refractivity contribution < 1.29 is 24.5 Å². The number of pyridine rings is 2. The van der Waals surface area contributed by atoms with Crippen LogP contribution in [-0.2, 0) is 20.1 Å². The maximum Gasteiger partial charge on any atom is 0.148 e. The third-order valence-electron chi connectivity index (χ3n) is 8.63. The molecule has 4 aromatic heterocycles. The second kappa shape index (κ2) is 14.4. The van der Waals surface area contributed by atoms with Crippen LogP contribution in [-0.4, -0.2) is 19.5 Å². The molecule has 6 heteroatoms. The first-order chi connectivity index (χ1) is 24.2. The Hall–Kier alpha value is -5.68. The average Bonchev–Trinajstić information content (AvgIpc) is 3.76. The van der Waals surface area contributed by atoms with Crippen LogP contribution in [0.4, 0.5) is 0 Å². The van der Waals surface area contributed by atoms with Crippen molar-refractivity contribution in [3.8, 4) is 39.6 Å². The number of rotatable bonds is 5. The quantitative estimate of drug-likeness (QED) is 0.162. The van der Waals surface area contributed by atoms with Crippen LogP contribution in [0, 0.1) is 12.1 Å². The summed E-state index contributed by atoms with van der Waals surface area (Å²) in [6, 6.07) is 53.4. The molecule has 0 fully saturated rings. The van der Waals surface area contributed by atoms with Crippen molar-refractivity contribution in [2.24, 2.45) is 0 Å². The smallest absolute Gasteiger partial charge is 0.148 e. The maximum absolute atomic E-state index is 6.64. The van der Waals surface area contributed by atoms with Gasteiger partial charge in [0, 0.05) is 49.1 Å². The molecule has 4 heterocycles. The molecule has 0 N–H and O–H groups in total. The minimum absolute atomic E-state index is 0. The van der Waals surface area contributed by atoms with Gasteiger partial charge in [0.2, 0.25) is 0 Å². The van der Waals surface area contributed by atoms with E-state index in [9.17, 15) is 0 Å². The van der Waals surface area contributed by atoms with Crippen molar-refractivity contribution in [2.45, 2.75) is 19.8 Å². The predicted molar refractivity (Wildman–Crippen MR) is 198 cm³/mol. The van der Waals surface area contributed by atoms with Gasteiger partial charge < -0.3 is 14.4 Å². The van der Waals surface area contributed by atoms with Gasteiger partial charge in [-0.3, -0.25) is 4.57 Å². The molecule has 9 aromatic rings. The average molecular weight is 825 g/mol. The molecule has 9 rings (SSSR count). The minimum Gasteiger partial charge on any atom is -0.498 e. The molecule has 0 bridgehead atoms. The van der Waals surface area contributed by atoms with Gasteiger partial charge in [-0.2, -0.15) is 0 Å². The number of hydrogen-bond acceptors (Lipinski definition) is 4. The zero-order chi connectivity index (χ0) is 33.2. The van der Waals surface area contributed by atoms with Gasteiger partial charge in [0.15, 0.2) is 0 Å². The van der Waals surface area contributed by atoms with Crippen molar-refractivity contribution in [3.05, 3.63) is 170 Å². The van der Waals surface area contributed by atoms with E-state index in [0.717, 1.165) is 72.6 Å². The summed E-state index contributed by atoms with van der Waals surface area (Å²) in [4.78, 5) is 14.0. The van der Waals surface area contributed by atoms with Crippen molar-refractivity contribution in [1.29, 1.82) is 0 Å². The fourth-order valence-electron chi connectivity index (χ4n) is 6.17. The molecule has 1 radical (unpaired) electrons. The zero-order valence-corrected chi connectivity index (χ0v) is 29.9. The fourth-order valence-corrected chi connectivity index (χ4v) is 6.17. The SMILES string of the molecule is CC(C)c1ccnc(-c2[c-]ccc3c2oc2c3ccc3c2nc(-c2ccccc2)n3-c2ccccc2)c1.[Ir].[c-]1ccccc1-c1ccccn1. The first-order valence-corrected chi connectivity index (χ1v) is 16.4. The standard InChI is InChI=1S/C33H24N3O.C11H8N.Ir/c1-21(2)23-18-19-34-28(20-23)27-15-9-14-25-26-16-17-29-30(32(26)37-31(25)27)35-33(22-10-5-3-6-11-22)36(29)24-12-7-4-8-13-24;1-2-6-10(7-3-1)11-8-4-5-9-12-11;/h3-14,16-21H,1-2H3;1-6,8-9H;/q2*-1;. The Bertz CT molecular complexity index is 2470. The summed E-state index contributed by atoms with van der Waals surface area (Å²) in [7, 11) is 0. The van der Waals surface area contributed by atoms with Crippen LogP contribution in [0.5, 0.6) is 0 Å². The van der Waals surface area contributed by atoms with Crippen molar-refractivity contribution in [1.82, 2.24) is 19.5 Å². The number of hydrogen-bond donors (Lipinski definition) is 0. The molecule has 0 unspecified atom stereocenters. The summed E-state index contributed by atoms with van der Waals surface area (Å²) in [5.74, 6) is 1.29. The van der Waals surface area contributed by atoms with Gasteiger partial charge in [-0.25, -0.2) is 4.98 Å². The molecule has 5 nitrogen and oxygen atoms in total. The van der Waals surface area contributed by atoms with Gasteiger partial charge in [-0.15, -0.1) is 54.1 Å². The monoisotopic (exact) mass is 825 g/mol. The van der Waals surface area contributed by atoms with Gasteiger partial charge in [0.05, 0.1) is 11.1 Å². The number of imidazole rings is 1. The number of benzene rings is 5. The van der Waals surface area contributed by atoms with E-state index in [1.165, 1.54) is 5.56 Å².